The van der Waals surface area contributed by atoms with Crippen LogP contribution in [0.25, 0.3) is 21.8 Å². The fraction of sp³-hybridized carbons (Fsp3) is 0.250. The molecule has 2 aliphatic rings. The Morgan fingerprint density at radius 3 is 1.53 bits per heavy atom. The summed E-state index contributed by atoms with van der Waals surface area (Å²) in [7, 11) is 0. The molecule has 0 saturated carbocycles. The van der Waals surface area contributed by atoms with Crippen molar-refractivity contribution in [3.8, 4) is 0 Å². The van der Waals surface area contributed by atoms with Gasteiger partial charge in [0.1, 0.15) is 0 Å². The Hall–Kier alpha value is -4.34. The zero-order valence-electron chi connectivity index (χ0n) is 18.1. The smallest absolute Gasteiger partial charge is 0.270 e. The summed E-state index contributed by atoms with van der Waals surface area (Å²) >= 11 is 0. The molecular formula is C24H20N6O4. The summed E-state index contributed by atoms with van der Waals surface area (Å²) in [5, 5.41) is 33.4. The van der Waals surface area contributed by atoms with E-state index in [1.807, 2.05) is 0 Å². The monoisotopic (exact) mass is 456 g/mol. The zero-order chi connectivity index (χ0) is 23.4. The molecule has 10 heteroatoms. The molecule has 2 aromatic carbocycles. The predicted molar refractivity (Wildman–Crippen MR) is 129 cm³/mol. The highest BCUT2D eigenvalue weighted by Crippen LogP contribution is 2.34. The third-order valence-electron chi connectivity index (χ3n) is 6.75. The summed E-state index contributed by atoms with van der Waals surface area (Å²) in [5.41, 5.74) is 7.43. The number of nitro groups is 2. The van der Waals surface area contributed by atoms with Crippen molar-refractivity contribution in [2.24, 2.45) is 10.2 Å². The maximum absolute atomic E-state index is 11.2. The average molecular weight is 456 g/mol. The molecule has 34 heavy (non-hydrogen) atoms. The van der Waals surface area contributed by atoms with E-state index in [0.29, 0.717) is 0 Å². The van der Waals surface area contributed by atoms with Crippen LogP contribution in [0.2, 0.25) is 0 Å². The SMILES string of the molecule is O=[N+]([O-])c1ccc2[nH]c3c(c2c1)CCCC3=NN=C1CCCc2c1[nH]c1ccc([N+](=O)[O-])cc21. The van der Waals surface area contributed by atoms with E-state index in [1.165, 1.54) is 12.1 Å². The van der Waals surface area contributed by atoms with Gasteiger partial charge in [-0.1, -0.05) is 0 Å². The quantitative estimate of drug-likeness (QED) is 0.317. The topological polar surface area (TPSA) is 143 Å². The lowest BCUT2D eigenvalue weighted by molar-refractivity contribution is -0.384. The van der Waals surface area contributed by atoms with Crippen molar-refractivity contribution in [2.45, 2.75) is 38.5 Å². The van der Waals surface area contributed by atoms with Crippen molar-refractivity contribution >= 4 is 44.6 Å². The lowest BCUT2D eigenvalue weighted by Crippen LogP contribution is -2.13. The number of nitro benzene ring substituents is 2. The zero-order valence-corrected chi connectivity index (χ0v) is 18.1. The third-order valence-corrected chi connectivity index (χ3v) is 6.75. The van der Waals surface area contributed by atoms with Crippen LogP contribution in [-0.4, -0.2) is 31.2 Å². The van der Waals surface area contributed by atoms with Crippen LogP contribution in [0.15, 0.2) is 46.6 Å². The van der Waals surface area contributed by atoms with E-state index in [0.717, 1.165) is 94.3 Å². The van der Waals surface area contributed by atoms with E-state index in [9.17, 15) is 20.2 Å². The van der Waals surface area contributed by atoms with Gasteiger partial charge in [0, 0.05) is 46.1 Å². The number of benzene rings is 2. The average Bonchev–Trinajstić information content (AvgIpc) is 3.40. The van der Waals surface area contributed by atoms with Crippen LogP contribution in [0.5, 0.6) is 0 Å². The Bertz CT molecular complexity index is 1460. The second kappa shape index (κ2) is 7.62. The van der Waals surface area contributed by atoms with Crippen LogP contribution in [-0.2, 0) is 12.8 Å². The maximum atomic E-state index is 11.2. The van der Waals surface area contributed by atoms with Crippen LogP contribution in [0.3, 0.4) is 0 Å². The first-order chi connectivity index (χ1) is 16.5. The van der Waals surface area contributed by atoms with Crippen LogP contribution in [0, 0.1) is 20.2 Å². The van der Waals surface area contributed by atoms with Gasteiger partial charge in [0.05, 0.1) is 32.7 Å². The molecule has 0 bridgehead atoms. The van der Waals surface area contributed by atoms with Gasteiger partial charge in [-0.25, -0.2) is 0 Å². The van der Waals surface area contributed by atoms with Crippen LogP contribution in [0.1, 0.15) is 48.2 Å². The Labute approximate surface area is 192 Å². The normalized spacial score (nSPS) is 17.9. The Morgan fingerprint density at radius 2 is 1.12 bits per heavy atom. The number of hydrogen-bond donors (Lipinski definition) is 2. The largest absolute Gasteiger partial charge is 0.353 e. The molecule has 0 spiro atoms. The fourth-order valence-corrected chi connectivity index (χ4v) is 5.15. The predicted octanol–water partition coefficient (Wildman–Crippen LogP) is 5.33. The Balaban J connectivity index is 1.42. The molecule has 0 aliphatic heterocycles. The number of H-pyrrole nitrogens is 2. The molecule has 0 amide bonds. The number of hydrogen-bond acceptors (Lipinski definition) is 6. The Kier molecular flexibility index (Phi) is 4.54. The van der Waals surface area contributed by atoms with Gasteiger partial charge in [0.15, 0.2) is 0 Å². The first-order valence-corrected chi connectivity index (χ1v) is 11.2. The summed E-state index contributed by atoms with van der Waals surface area (Å²) in [6, 6.07) is 9.74. The van der Waals surface area contributed by atoms with Gasteiger partial charge in [0.25, 0.3) is 11.4 Å². The molecular weight excluding hydrogens is 436 g/mol. The number of aromatic nitrogens is 2. The van der Waals surface area contributed by atoms with E-state index in [1.54, 1.807) is 24.3 Å². The number of nitrogens with one attached hydrogen (secondary N) is 2. The van der Waals surface area contributed by atoms with E-state index in [-0.39, 0.29) is 21.2 Å². The number of nitrogens with zero attached hydrogens (tertiary/aromatic N) is 4. The van der Waals surface area contributed by atoms with E-state index in [2.05, 4.69) is 20.2 Å². The van der Waals surface area contributed by atoms with Gasteiger partial charge in [0.2, 0.25) is 0 Å². The van der Waals surface area contributed by atoms with Crippen LogP contribution < -0.4 is 0 Å². The highest BCUT2D eigenvalue weighted by atomic mass is 16.6. The number of aromatic amines is 2. The second-order valence-electron chi connectivity index (χ2n) is 8.73. The summed E-state index contributed by atoms with van der Waals surface area (Å²) in [6.07, 6.45) is 4.99. The molecule has 2 N–H and O–H groups in total. The molecule has 10 nitrogen and oxygen atoms in total. The van der Waals surface area contributed by atoms with Gasteiger partial charge >= 0.3 is 0 Å². The lowest BCUT2D eigenvalue weighted by Gasteiger charge is -2.15. The molecule has 2 aromatic heterocycles. The first-order valence-electron chi connectivity index (χ1n) is 11.2. The number of aryl methyl sites for hydroxylation is 2. The molecule has 0 unspecified atom stereocenters. The van der Waals surface area contributed by atoms with Crippen LogP contribution >= 0.6 is 0 Å². The molecule has 0 saturated heterocycles. The van der Waals surface area contributed by atoms with Gasteiger partial charge in [-0.15, -0.1) is 0 Å². The summed E-state index contributed by atoms with van der Waals surface area (Å²) in [6.45, 7) is 0. The van der Waals surface area contributed by atoms with Crippen molar-refractivity contribution in [3.63, 3.8) is 0 Å². The van der Waals surface area contributed by atoms with Gasteiger partial charge in [-0.3, -0.25) is 20.2 Å². The minimum Gasteiger partial charge on any atom is -0.353 e. The Morgan fingerprint density at radius 1 is 0.676 bits per heavy atom. The molecule has 2 heterocycles. The summed E-state index contributed by atoms with van der Waals surface area (Å²) in [5.74, 6) is 0. The van der Waals surface area contributed by atoms with E-state index in [4.69, 9.17) is 0 Å². The minimum absolute atomic E-state index is 0.0763. The number of rotatable bonds is 3. The lowest BCUT2D eigenvalue weighted by atomic mass is 9.93. The maximum Gasteiger partial charge on any atom is 0.270 e. The summed E-state index contributed by atoms with van der Waals surface area (Å²) < 4.78 is 0. The highest BCUT2D eigenvalue weighted by Gasteiger charge is 2.24. The fourth-order valence-electron chi connectivity index (χ4n) is 5.15. The molecule has 0 radical (unpaired) electrons. The molecule has 2 aliphatic carbocycles. The van der Waals surface area contributed by atoms with Crippen molar-refractivity contribution in [2.75, 3.05) is 0 Å². The third kappa shape index (κ3) is 3.18. The van der Waals surface area contributed by atoms with Crippen molar-refractivity contribution in [3.05, 3.63) is 79.1 Å². The molecule has 170 valence electrons. The van der Waals surface area contributed by atoms with Crippen molar-refractivity contribution in [1.82, 2.24) is 9.97 Å². The number of non-ortho nitro benzene ring substituents is 2. The standard InChI is InChI=1S/C24H20N6O4/c31-29(32)13-7-9-19-17(11-13)15-3-1-5-21(23(15)25-19)27-28-22-6-2-4-16-18-12-14(30(33)34)8-10-20(18)26-24(16)22/h7-12,25-26H,1-6H2. The van der Waals surface area contributed by atoms with Crippen molar-refractivity contribution < 1.29 is 9.85 Å². The first kappa shape index (κ1) is 20.3. The van der Waals surface area contributed by atoms with Crippen LogP contribution in [0.4, 0.5) is 11.4 Å². The van der Waals surface area contributed by atoms with Crippen molar-refractivity contribution in [1.29, 1.82) is 0 Å². The molecule has 4 aromatic rings. The number of fused-ring (bicyclic) bond motifs is 6. The van der Waals surface area contributed by atoms with Gasteiger partial charge in [-0.05, 0) is 61.8 Å². The van der Waals surface area contributed by atoms with Gasteiger partial charge < -0.3 is 9.97 Å². The highest BCUT2D eigenvalue weighted by molar-refractivity contribution is 6.09. The second-order valence-corrected chi connectivity index (χ2v) is 8.73. The minimum atomic E-state index is -0.377. The molecule has 6 rings (SSSR count). The van der Waals surface area contributed by atoms with Gasteiger partial charge in [-0.2, -0.15) is 10.2 Å². The van der Waals surface area contributed by atoms with E-state index >= 15 is 0 Å². The molecule has 0 atom stereocenters. The molecule has 0 fully saturated rings. The van der Waals surface area contributed by atoms with E-state index < -0.39 is 0 Å². The summed E-state index contributed by atoms with van der Waals surface area (Å²) in [4.78, 5) is 28.4.